The molecule has 0 unspecified atom stereocenters. The van der Waals surface area contributed by atoms with Crippen molar-refractivity contribution in [1.29, 1.82) is 0 Å². The molecule has 0 radical (unpaired) electrons. The molecule has 2 rings (SSSR count). The molecule has 0 aliphatic heterocycles. The Labute approximate surface area is 122 Å². The van der Waals surface area contributed by atoms with Gasteiger partial charge in [-0.05, 0) is 17.7 Å². The second-order valence-electron chi connectivity index (χ2n) is 4.00. The Bertz CT molecular complexity index is 695. The normalized spacial score (nSPS) is 10.3. The lowest BCUT2D eigenvalue weighted by Gasteiger charge is -2.05. The highest BCUT2D eigenvalue weighted by Crippen LogP contribution is 2.14. The summed E-state index contributed by atoms with van der Waals surface area (Å²) in [5.74, 6) is -1.32. The van der Waals surface area contributed by atoms with Gasteiger partial charge in [-0.2, -0.15) is 0 Å². The number of aromatic nitrogens is 2. The van der Waals surface area contributed by atoms with Crippen molar-refractivity contribution in [3.05, 3.63) is 56.2 Å². The number of H-pyrrole nitrogens is 1. The van der Waals surface area contributed by atoms with E-state index >= 15 is 0 Å². The van der Waals surface area contributed by atoms with Crippen LogP contribution in [-0.4, -0.2) is 28.2 Å². The molecule has 0 saturated heterocycles. The third-order valence-electron chi connectivity index (χ3n) is 2.61. The van der Waals surface area contributed by atoms with Crippen LogP contribution in [0.1, 0.15) is 21.9 Å². The van der Waals surface area contributed by atoms with E-state index in [1.807, 2.05) is 24.3 Å². The van der Waals surface area contributed by atoms with E-state index in [0.717, 1.165) is 17.1 Å². The molecule has 0 amide bonds. The maximum atomic E-state index is 11.6. The van der Waals surface area contributed by atoms with Gasteiger partial charge in [0.25, 0.3) is 5.56 Å². The van der Waals surface area contributed by atoms with Crippen LogP contribution in [0.5, 0.6) is 5.75 Å². The highest BCUT2D eigenvalue weighted by molar-refractivity contribution is 9.10. The Morgan fingerprint density at radius 2 is 2.05 bits per heavy atom. The number of aromatic hydroxyl groups is 1. The van der Waals surface area contributed by atoms with E-state index in [4.69, 9.17) is 0 Å². The Kier molecular flexibility index (Phi) is 4.19. The first-order chi connectivity index (χ1) is 9.51. The molecule has 0 saturated carbocycles. The quantitative estimate of drug-likeness (QED) is 0.829. The predicted octanol–water partition coefficient (Wildman–Crippen LogP) is 1.62. The van der Waals surface area contributed by atoms with E-state index < -0.39 is 17.3 Å². The van der Waals surface area contributed by atoms with E-state index in [2.05, 4.69) is 30.6 Å². The SMILES string of the molecule is COC(=O)c1nc(Cc2ccc(Br)cc2)[nH]c(=O)c1O. The standard InChI is InChI=1S/C13H11BrN2O4/c1-20-13(19)10-11(17)12(18)16-9(15-10)6-7-2-4-8(14)5-3-7/h2-5,17H,6H2,1H3,(H,15,16,18). The van der Waals surface area contributed by atoms with Gasteiger partial charge in [-0.25, -0.2) is 9.78 Å². The van der Waals surface area contributed by atoms with Gasteiger partial charge in [0.15, 0.2) is 5.69 Å². The van der Waals surface area contributed by atoms with E-state index in [1.54, 1.807) is 0 Å². The number of hydrogen-bond donors (Lipinski definition) is 2. The highest BCUT2D eigenvalue weighted by atomic mass is 79.9. The van der Waals surface area contributed by atoms with Crippen molar-refractivity contribution in [2.45, 2.75) is 6.42 Å². The zero-order chi connectivity index (χ0) is 14.7. The zero-order valence-corrected chi connectivity index (χ0v) is 12.1. The van der Waals surface area contributed by atoms with Gasteiger partial charge in [0.2, 0.25) is 5.75 Å². The van der Waals surface area contributed by atoms with Crippen LogP contribution in [0.3, 0.4) is 0 Å². The van der Waals surface area contributed by atoms with Crippen molar-refractivity contribution in [3.63, 3.8) is 0 Å². The minimum absolute atomic E-state index is 0.274. The molecule has 2 N–H and O–H groups in total. The van der Waals surface area contributed by atoms with Crippen LogP contribution in [-0.2, 0) is 11.2 Å². The van der Waals surface area contributed by atoms with Gasteiger partial charge in [-0.15, -0.1) is 0 Å². The number of carbonyl (C=O) groups excluding carboxylic acids is 1. The van der Waals surface area contributed by atoms with Crippen molar-refractivity contribution in [2.24, 2.45) is 0 Å². The molecule has 0 spiro atoms. The first-order valence-corrected chi connectivity index (χ1v) is 6.45. The topological polar surface area (TPSA) is 92.3 Å². The molecule has 2 aromatic rings. The summed E-state index contributed by atoms with van der Waals surface area (Å²) >= 11 is 3.32. The number of aromatic amines is 1. The molecule has 1 aromatic carbocycles. The molecule has 6 nitrogen and oxygen atoms in total. The van der Waals surface area contributed by atoms with Crippen LogP contribution in [0.15, 0.2) is 33.5 Å². The summed E-state index contributed by atoms with van der Waals surface area (Å²) in [6.45, 7) is 0. The van der Waals surface area contributed by atoms with Crippen molar-refractivity contribution >= 4 is 21.9 Å². The third kappa shape index (κ3) is 3.05. The number of methoxy groups -OCH3 is 1. The van der Waals surface area contributed by atoms with Crippen LogP contribution < -0.4 is 5.56 Å². The predicted molar refractivity (Wildman–Crippen MR) is 74.8 cm³/mol. The fraction of sp³-hybridized carbons (Fsp3) is 0.154. The Morgan fingerprint density at radius 1 is 1.40 bits per heavy atom. The molecular formula is C13H11BrN2O4. The number of rotatable bonds is 3. The summed E-state index contributed by atoms with van der Waals surface area (Å²) in [6, 6.07) is 7.42. The second-order valence-corrected chi connectivity index (χ2v) is 4.92. The number of halogens is 1. The molecule has 20 heavy (non-hydrogen) atoms. The lowest BCUT2D eigenvalue weighted by atomic mass is 10.1. The summed E-state index contributed by atoms with van der Waals surface area (Å²) in [5, 5.41) is 9.51. The largest absolute Gasteiger partial charge is 0.501 e. The monoisotopic (exact) mass is 338 g/mol. The Balaban J connectivity index is 2.38. The highest BCUT2D eigenvalue weighted by Gasteiger charge is 2.18. The molecule has 0 bridgehead atoms. The average Bonchev–Trinajstić information content (AvgIpc) is 2.44. The second kappa shape index (κ2) is 5.87. The van der Waals surface area contributed by atoms with Gasteiger partial charge in [-0.3, -0.25) is 4.79 Å². The smallest absolute Gasteiger partial charge is 0.360 e. The van der Waals surface area contributed by atoms with Gasteiger partial charge in [0.1, 0.15) is 5.82 Å². The first-order valence-electron chi connectivity index (χ1n) is 5.66. The minimum Gasteiger partial charge on any atom is -0.501 e. The number of ether oxygens (including phenoxy) is 1. The summed E-state index contributed by atoms with van der Waals surface area (Å²) in [7, 11) is 1.15. The lowest BCUT2D eigenvalue weighted by Crippen LogP contribution is -2.18. The van der Waals surface area contributed by atoms with Crippen molar-refractivity contribution in [2.75, 3.05) is 7.11 Å². The zero-order valence-electron chi connectivity index (χ0n) is 10.5. The van der Waals surface area contributed by atoms with E-state index in [9.17, 15) is 14.7 Å². The summed E-state index contributed by atoms with van der Waals surface area (Å²) in [6.07, 6.45) is 0.326. The molecule has 0 aliphatic rings. The van der Waals surface area contributed by atoms with Gasteiger partial charge in [0, 0.05) is 10.9 Å². The van der Waals surface area contributed by atoms with Gasteiger partial charge in [-0.1, -0.05) is 28.1 Å². The number of benzene rings is 1. The van der Waals surface area contributed by atoms with Crippen molar-refractivity contribution in [3.8, 4) is 5.75 Å². The summed E-state index contributed by atoms with van der Waals surface area (Å²) in [4.78, 5) is 29.3. The number of esters is 1. The van der Waals surface area contributed by atoms with Crippen LogP contribution in [0.25, 0.3) is 0 Å². The Hall–Kier alpha value is -2.15. The van der Waals surface area contributed by atoms with Gasteiger partial charge < -0.3 is 14.8 Å². The van der Waals surface area contributed by atoms with Gasteiger partial charge in [0.05, 0.1) is 7.11 Å². The number of carbonyl (C=O) groups is 1. The summed E-state index contributed by atoms with van der Waals surface area (Å²) < 4.78 is 5.41. The van der Waals surface area contributed by atoms with E-state index in [-0.39, 0.29) is 11.5 Å². The van der Waals surface area contributed by atoms with E-state index in [1.165, 1.54) is 0 Å². The van der Waals surface area contributed by atoms with Crippen LogP contribution in [0, 0.1) is 0 Å². The van der Waals surface area contributed by atoms with Crippen LogP contribution >= 0.6 is 15.9 Å². The lowest BCUT2D eigenvalue weighted by molar-refractivity contribution is 0.0589. The molecule has 0 atom stereocenters. The number of nitrogens with zero attached hydrogens (tertiary/aromatic N) is 1. The number of nitrogens with one attached hydrogen (secondary N) is 1. The van der Waals surface area contributed by atoms with Crippen LogP contribution in [0.4, 0.5) is 0 Å². The first kappa shape index (κ1) is 14.3. The number of hydrogen-bond acceptors (Lipinski definition) is 5. The fourth-order valence-electron chi connectivity index (χ4n) is 1.63. The fourth-order valence-corrected chi connectivity index (χ4v) is 1.90. The molecule has 104 valence electrons. The molecule has 1 aromatic heterocycles. The summed E-state index contributed by atoms with van der Waals surface area (Å²) in [5.41, 5.74) is -0.256. The average molecular weight is 339 g/mol. The maximum absolute atomic E-state index is 11.6. The third-order valence-corrected chi connectivity index (χ3v) is 3.14. The molecule has 0 fully saturated rings. The molecule has 7 heteroatoms. The maximum Gasteiger partial charge on any atom is 0.360 e. The van der Waals surface area contributed by atoms with Crippen molar-refractivity contribution < 1.29 is 14.6 Å². The molecule has 1 heterocycles. The van der Waals surface area contributed by atoms with Crippen molar-refractivity contribution in [1.82, 2.24) is 9.97 Å². The molecule has 0 aliphatic carbocycles. The van der Waals surface area contributed by atoms with E-state index in [0.29, 0.717) is 6.42 Å². The molecular weight excluding hydrogens is 328 g/mol. The van der Waals surface area contributed by atoms with Crippen LogP contribution in [0.2, 0.25) is 0 Å². The van der Waals surface area contributed by atoms with Gasteiger partial charge >= 0.3 is 5.97 Å². The Morgan fingerprint density at radius 3 is 2.65 bits per heavy atom. The minimum atomic E-state index is -0.856.